The second-order valence-electron chi connectivity index (χ2n) is 5.97. The zero-order chi connectivity index (χ0) is 16.7. The van der Waals surface area contributed by atoms with Crippen LogP contribution in [0.5, 0.6) is 5.75 Å². The topological polar surface area (TPSA) is 68.7 Å². The molecule has 5 nitrogen and oxygen atoms in total. The maximum Gasteiger partial charge on any atom is 0.240 e. The van der Waals surface area contributed by atoms with Crippen molar-refractivity contribution < 1.29 is 9.90 Å². The lowest BCUT2D eigenvalue weighted by Gasteiger charge is -2.20. The molecule has 2 heterocycles. The smallest absolute Gasteiger partial charge is 0.240 e. The maximum absolute atomic E-state index is 12.0. The molecule has 1 aliphatic heterocycles. The number of hydrazone groups is 1. The molecule has 0 saturated carbocycles. The Kier molecular flexibility index (Phi) is 3.34. The molecule has 24 heavy (non-hydrogen) atoms. The fraction of sp³-hybridized carbons (Fsp3) is 0.158. The van der Waals surface area contributed by atoms with Gasteiger partial charge >= 0.3 is 0 Å². The first kappa shape index (κ1) is 14.5. The van der Waals surface area contributed by atoms with Crippen molar-refractivity contribution in [2.75, 3.05) is 0 Å². The summed E-state index contributed by atoms with van der Waals surface area (Å²) in [4.78, 5) is 15.3. The van der Waals surface area contributed by atoms with Gasteiger partial charge in [-0.15, -0.1) is 0 Å². The van der Waals surface area contributed by atoms with Crippen LogP contribution in [0.15, 0.2) is 59.8 Å². The molecular formula is C19H17N3O2. The van der Waals surface area contributed by atoms with E-state index in [9.17, 15) is 9.90 Å². The van der Waals surface area contributed by atoms with Crippen molar-refractivity contribution in [1.29, 1.82) is 0 Å². The quantitative estimate of drug-likeness (QED) is 0.758. The zero-order valence-corrected chi connectivity index (χ0v) is 13.2. The van der Waals surface area contributed by atoms with Gasteiger partial charge in [-0.3, -0.25) is 4.79 Å². The molecule has 0 saturated heterocycles. The average molecular weight is 319 g/mol. The Morgan fingerprint density at radius 3 is 2.71 bits per heavy atom. The van der Waals surface area contributed by atoms with Crippen LogP contribution in [0.3, 0.4) is 0 Å². The number of nitrogens with one attached hydrogen (secondary N) is 1. The van der Waals surface area contributed by atoms with Crippen molar-refractivity contribution in [3.63, 3.8) is 0 Å². The van der Waals surface area contributed by atoms with E-state index in [1.54, 1.807) is 12.1 Å². The Morgan fingerprint density at radius 1 is 1.21 bits per heavy atom. The number of hydrogen-bond donors (Lipinski definition) is 2. The SMILES string of the molecule is CC(=O)N1N=C(c2c[nH]c3ccccc23)CC1c1ccc(O)cc1. The van der Waals surface area contributed by atoms with Gasteiger partial charge in [0.2, 0.25) is 5.91 Å². The van der Waals surface area contributed by atoms with Crippen LogP contribution in [0.2, 0.25) is 0 Å². The normalized spacial score (nSPS) is 17.3. The highest BCUT2D eigenvalue weighted by molar-refractivity contribution is 6.12. The van der Waals surface area contributed by atoms with Gasteiger partial charge in [0.1, 0.15) is 5.75 Å². The predicted octanol–water partition coefficient (Wildman–Crippen LogP) is 3.57. The number of aromatic nitrogens is 1. The van der Waals surface area contributed by atoms with E-state index in [4.69, 9.17) is 0 Å². The number of phenols is 1. The first-order valence-electron chi connectivity index (χ1n) is 7.86. The summed E-state index contributed by atoms with van der Waals surface area (Å²) in [5.41, 5.74) is 3.93. The van der Waals surface area contributed by atoms with Gasteiger partial charge in [-0.25, -0.2) is 5.01 Å². The predicted molar refractivity (Wildman–Crippen MR) is 92.8 cm³/mol. The number of aromatic hydroxyl groups is 1. The molecule has 3 aromatic rings. The Bertz CT molecular complexity index is 941. The number of rotatable bonds is 2. The maximum atomic E-state index is 12.0. The number of fused-ring (bicyclic) bond motifs is 1. The Morgan fingerprint density at radius 2 is 1.96 bits per heavy atom. The van der Waals surface area contributed by atoms with E-state index in [-0.39, 0.29) is 17.7 Å². The first-order valence-corrected chi connectivity index (χ1v) is 7.86. The standard InChI is InChI=1S/C19H17N3O2/c1-12(23)22-19(13-6-8-14(24)9-7-13)10-18(21-22)16-11-20-17-5-3-2-4-15(16)17/h2-9,11,19-20,24H,10H2,1H3. The molecular weight excluding hydrogens is 302 g/mol. The molecule has 120 valence electrons. The average Bonchev–Trinajstić information content (AvgIpc) is 3.19. The van der Waals surface area contributed by atoms with Crippen LogP contribution in [-0.4, -0.2) is 26.7 Å². The number of benzene rings is 2. The number of amides is 1. The van der Waals surface area contributed by atoms with Gasteiger partial charge in [0.25, 0.3) is 0 Å². The van der Waals surface area contributed by atoms with Gasteiger partial charge in [0, 0.05) is 36.0 Å². The number of aromatic amines is 1. The van der Waals surface area contributed by atoms with Crippen LogP contribution in [0.4, 0.5) is 0 Å². The van der Waals surface area contributed by atoms with Crippen molar-refractivity contribution in [2.24, 2.45) is 5.10 Å². The third-order valence-electron chi connectivity index (χ3n) is 4.41. The van der Waals surface area contributed by atoms with E-state index in [0.29, 0.717) is 6.42 Å². The van der Waals surface area contributed by atoms with Gasteiger partial charge in [0.05, 0.1) is 11.8 Å². The van der Waals surface area contributed by atoms with Crippen molar-refractivity contribution in [2.45, 2.75) is 19.4 Å². The number of hydrogen-bond acceptors (Lipinski definition) is 3. The first-order chi connectivity index (χ1) is 11.6. The van der Waals surface area contributed by atoms with Crippen LogP contribution in [0.25, 0.3) is 10.9 Å². The highest BCUT2D eigenvalue weighted by Crippen LogP contribution is 2.34. The summed E-state index contributed by atoms with van der Waals surface area (Å²) < 4.78 is 0. The summed E-state index contributed by atoms with van der Waals surface area (Å²) in [6.45, 7) is 1.52. The van der Waals surface area contributed by atoms with E-state index in [1.807, 2.05) is 36.5 Å². The Balaban J connectivity index is 1.74. The van der Waals surface area contributed by atoms with Crippen LogP contribution >= 0.6 is 0 Å². The minimum atomic E-state index is -0.147. The number of phenolic OH excluding ortho intramolecular Hbond substituents is 1. The van der Waals surface area contributed by atoms with Crippen molar-refractivity contribution in [3.8, 4) is 5.75 Å². The molecule has 1 unspecified atom stereocenters. The van der Waals surface area contributed by atoms with Crippen LogP contribution in [0.1, 0.15) is 30.5 Å². The van der Waals surface area contributed by atoms with Gasteiger partial charge in [0.15, 0.2) is 0 Å². The van der Waals surface area contributed by atoms with E-state index in [0.717, 1.165) is 27.7 Å². The third kappa shape index (κ3) is 2.34. The summed E-state index contributed by atoms with van der Waals surface area (Å²) in [6, 6.07) is 14.9. The van der Waals surface area contributed by atoms with Gasteiger partial charge in [-0.1, -0.05) is 30.3 Å². The minimum Gasteiger partial charge on any atom is -0.508 e. The van der Waals surface area contributed by atoms with E-state index in [1.165, 1.54) is 11.9 Å². The van der Waals surface area contributed by atoms with Gasteiger partial charge < -0.3 is 10.1 Å². The molecule has 2 N–H and O–H groups in total. The molecule has 0 aliphatic carbocycles. The molecule has 4 rings (SSSR count). The molecule has 5 heteroatoms. The molecule has 0 bridgehead atoms. The Hall–Kier alpha value is -3.08. The lowest BCUT2D eigenvalue weighted by Crippen LogP contribution is -2.24. The number of H-pyrrole nitrogens is 1. The highest BCUT2D eigenvalue weighted by Gasteiger charge is 2.32. The minimum absolute atomic E-state index is 0.0945. The van der Waals surface area contributed by atoms with Gasteiger partial charge in [-0.05, 0) is 23.8 Å². The summed E-state index contributed by atoms with van der Waals surface area (Å²) in [7, 11) is 0. The third-order valence-corrected chi connectivity index (χ3v) is 4.41. The van der Waals surface area contributed by atoms with Gasteiger partial charge in [-0.2, -0.15) is 5.10 Å². The highest BCUT2D eigenvalue weighted by atomic mass is 16.3. The number of carbonyl (C=O) groups is 1. The molecule has 0 spiro atoms. The zero-order valence-electron chi connectivity index (χ0n) is 13.2. The van der Waals surface area contributed by atoms with Crippen molar-refractivity contribution in [1.82, 2.24) is 9.99 Å². The van der Waals surface area contributed by atoms with Crippen LogP contribution in [0, 0.1) is 0 Å². The van der Waals surface area contributed by atoms with E-state index < -0.39 is 0 Å². The molecule has 1 atom stereocenters. The Labute approximate surface area is 139 Å². The summed E-state index contributed by atoms with van der Waals surface area (Å²) in [5, 5.41) is 16.7. The van der Waals surface area contributed by atoms with E-state index in [2.05, 4.69) is 16.2 Å². The molecule has 1 amide bonds. The molecule has 1 aliphatic rings. The number of carbonyl (C=O) groups excluding carboxylic acids is 1. The molecule has 2 aromatic carbocycles. The van der Waals surface area contributed by atoms with Crippen molar-refractivity contribution >= 4 is 22.5 Å². The number of nitrogens with zero attached hydrogens (tertiary/aromatic N) is 2. The van der Waals surface area contributed by atoms with Crippen LogP contribution < -0.4 is 0 Å². The monoisotopic (exact) mass is 319 g/mol. The lowest BCUT2D eigenvalue weighted by atomic mass is 9.98. The summed E-state index contributed by atoms with van der Waals surface area (Å²) in [5.74, 6) is 0.117. The summed E-state index contributed by atoms with van der Waals surface area (Å²) in [6.07, 6.45) is 2.59. The second-order valence-corrected chi connectivity index (χ2v) is 5.97. The largest absolute Gasteiger partial charge is 0.508 e. The van der Waals surface area contributed by atoms with E-state index >= 15 is 0 Å². The van der Waals surface area contributed by atoms with Crippen LogP contribution in [-0.2, 0) is 4.79 Å². The van der Waals surface area contributed by atoms with Crippen molar-refractivity contribution in [3.05, 3.63) is 65.9 Å². The second kappa shape index (κ2) is 5.53. The number of para-hydroxylation sites is 1. The fourth-order valence-electron chi connectivity index (χ4n) is 3.23. The molecule has 1 aromatic heterocycles. The molecule has 0 radical (unpaired) electrons. The fourth-order valence-corrected chi connectivity index (χ4v) is 3.23. The molecule has 0 fully saturated rings. The lowest BCUT2D eigenvalue weighted by molar-refractivity contribution is -0.130. The summed E-state index contributed by atoms with van der Waals surface area (Å²) >= 11 is 0.